The fraction of sp³-hybridized carbons (Fsp3) is 0.333. The van der Waals surface area contributed by atoms with Gasteiger partial charge in [-0.3, -0.25) is 4.98 Å². The van der Waals surface area contributed by atoms with Crippen molar-refractivity contribution in [3.05, 3.63) is 45.4 Å². The highest BCUT2D eigenvalue weighted by atomic mass is 127. The van der Waals surface area contributed by atoms with Crippen molar-refractivity contribution < 1.29 is 9.84 Å². The van der Waals surface area contributed by atoms with Gasteiger partial charge in [0.15, 0.2) is 0 Å². The average Bonchev–Trinajstić information content (AvgIpc) is 2.47. The molecule has 112 valence electrons. The molecular formula is C15H18IN3O2. The summed E-state index contributed by atoms with van der Waals surface area (Å²) in [6.07, 6.45) is 1.10. The number of aromatic nitrogens is 2. The van der Waals surface area contributed by atoms with Crippen LogP contribution in [0, 0.1) is 17.4 Å². The molecule has 1 atom stereocenters. The minimum absolute atomic E-state index is 0.228. The molecule has 1 heterocycles. The number of aliphatic hydroxyl groups excluding tert-OH is 1. The third-order valence-electron chi connectivity index (χ3n) is 2.84. The number of rotatable bonds is 6. The summed E-state index contributed by atoms with van der Waals surface area (Å²) >= 11 is 2.24. The van der Waals surface area contributed by atoms with Crippen LogP contribution in [-0.2, 0) is 0 Å². The highest BCUT2D eigenvalue weighted by molar-refractivity contribution is 14.1. The second-order valence-electron chi connectivity index (χ2n) is 4.75. The summed E-state index contributed by atoms with van der Waals surface area (Å²) in [5.41, 5.74) is 1.65. The number of hydrogen-bond donors (Lipinski definition) is 2. The Hall–Kier alpha value is -1.41. The number of ether oxygens (including phenoxy) is 1. The second-order valence-corrected chi connectivity index (χ2v) is 5.99. The molecule has 0 spiro atoms. The maximum atomic E-state index is 9.95. The SMILES string of the molecule is Cc1cnc(C)c(NCC(O)COc2ccc(I)cc2)n1. The smallest absolute Gasteiger partial charge is 0.147 e. The summed E-state index contributed by atoms with van der Waals surface area (Å²) in [7, 11) is 0. The van der Waals surface area contributed by atoms with Crippen molar-refractivity contribution in [2.45, 2.75) is 20.0 Å². The van der Waals surface area contributed by atoms with Crippen molar-refractivity contribution in [2.24, 2.45) is 0 Å². The maximum absolute atomic E-state index is 9.95. The van der Waals surface area contributed by atoms with Crippen molar-refractivity contribution in [3.63, 3.8) is 0 Å². The van der Waals surface area contributed by atoms with Crippen LogP contribution in [0.25, 0.3) is 0 Å². The maximum Gasteiger partial charge on any atom is 0.147 e. The Bertz CT molecular complexity index is 590. The van der Waals surface area contributed by atoms with E-state index in [-0.39, 0.29) is 6.61 Å². The fourth-order valence-corrected chi connectivity index (χ4v) is 2.06. The first kappa shape index (κ1) is 16.0. The quantitative estimate of drug-likeness (QED) is 0.731. The Morgan fingerprint density at radius 3 is 2.71 bits per heavy atom. The summed E-state index contributed by atoms with van der Waals surface area (Å²) in [4.78, 5) is 8.57. The molecule has 0 radical (unpaired) electrons. The van der Waals surface area contributed by atoms with E-state index in [0.29, 0.717) is 12.4 Å². The van der Waals surface area contributed by atoms with Gasteiger partial charge in [-0.1, -0.05) is 0 Å². The molecule has 6 heteroatoms. The topological polar surface area (TPSA) is 67.3 Å². The molecule has 0 saturated carbocycles. The molecular weight excluding hydrogens is 381 g/mol. The molecule has 5 nitrogen and oxygen atoms in total. The van der Waals surface area contributed by atoms with Gasteiger partial charge in [-0.05, 0) is 60.7 Å². The Morgan fingerprint density at radius 2 is 2.00 bits per heavy atom. The third-order valence-corrected chi connectivity index (χ3v) is 3.56. The zero-order valence-electron chi connectivity index (χ0n) is 12.0. The fourth-order valence-electron chi connectivity index (χ4n) is 1.70. The van der Waals surface area contributed by atoms with E-state index in [9.17, 15) is 5.11 Å². The molecule has 0 amide bonds. The molecule has 0 saturated heterocycles. The highest BCUT2D eigenvalue weighted by Crippen LogP contribution is 2.14. The first-order valence-corrected chi connectivity index (χ1v) is 7.73. The van der Waals surface area contributed by atoms with Crippen LogP contribution in [0.15, 0.2) is 30.5 Å². The van der Waals surface area contributed by atoms with Crippen LogP contribution in [0.3, 0.4) is 0 Å². The molecule has 1 aromatic carbocycles. The number of aliphatic hydroxyl groups is 1. The second kappa shape index (κ2) is 7.56. The van der Waals surface area contributed by atoms with E-state index in [1.165, 1.54) is 0 Å². The van der Waals surface area contributed by atoms with Gasteiger partial charge in [0, 0.05) is 16.3 Å². The van der Waals surface area contributed by atoms with Crippen LogP contribution < -0.4 is 10.1 Å². The van der Waals surface area contributed by atoms with E-state index >= 15 is 0 Å². The van der Waals surface area contributed by atoms with Crippen LogP contribution in [0.2, 0.25) is 0 Å². The van der Waals surface area contributed by atoms with Gasteiger partial charge in [0.05, 0.1) is 11.4 Å². The lowest BCUT2D eigenvalue weighted by Gasteiger charge is -2.14. The number of aryl methyl sites for hydroxylation is 2. The molecule has 1 aromatic heterocycles. The van der Waals surface area contributed by atoms with E-state index in [2.05, 4.69) is 37.9 Å². The van der Waals surface area contributed by atoms with E-state index in [0.717, 1.165) is 20.7 Å². The van der Waals surface area contributed by atoms with Crippen molar-refractivity contribution in [3.8, 4) is 5.75 Å². The van der Waals surface area contributed by atoms with Gasteiger partial charge in [0.2, 0.25) is 0 Å². The molecule has 2 N–H and O–H groups in total. The van der Waals surface area contributed by atoms with Gasteiger partial charge in [-0.2, -0.15) is 0 Å². The van der Waals surface area contributed by atoms with Crippen LogP contribution in [-0.4, -0.2) is 34.3 Å². The predicted molar refractivity (Wildman–Crippen MR) is 90.7 cm³/mol. The first-order chi connectivity index (χ1) is 10.0. The largest absolute Gasteiger partial charge is 0.491 e. The number of nitrogens with one attached hydrogen (secondary N) is 1. The molecule has 0 bridgehead atoms. The summed E-state index contributed by atoms with van der Waals surface area (Å²) < 4.78 is 6.68. The zero-order valence-corrected chi connectivity index (χ0v) is 14.2. The third kappa shape index (κ3) is 5.13. The van der Waals surface area contributed by atoms with Crippen molar-refractivity contribution >= 4 is 28.4 Å². The Balaban J connectivity index is 1.80. The Kier molecular flexibility index (Phi) is 5.75. The predicted octanol–water partition coefficient (Wildman–Crippen LogP) is 2.55. The molecule has 0 fully saturated rings. The molecule has 0 aliphatic heterocycles. The Labute approximate surface area is 137 Å². The summed E-state index contributed by atoms with van der Waals surface area (Å²) in [5.74, 6) is 1.45. The number of nitrogens with zero attached hydrogens (tertiary/aromatic N) is 2. The molecule has 2 aromatic rings. The van der Waals surface area contributed by atoms with Crippen LogP contribution >= 0.6 is 22.6 Å². The van der Waals surface area contributed by atoms with E-state index in [1.807, 2.05) is 38.1 Å². The number of halogens is 1. The highest BCUT2D eigenvalue weighted by Gasteiger charge is 2.08. The van der Waals surface area contributed by atoms with Crippen molar-refractivity contribution in [1.82, 2.24) is 9.97 Å². The van der Waals surface area contributed by atoms with Crippen LogP contribution in [0.5, 0.6) is 5.75 Å². The molecule has 2 rings (SSSR count). The number of anilines is 1. The zero-order chi connectivity index (χ0) is 15.2. The average molecular weight is 399 g/mol. The van der Waals surface area contributed by atoms with Gasteiger partial charge in [0.1, 0.15) is 24.3 Å². The monoisotopic (exact) mass is 399 g/mol. The summed E-state index contributed by atoms with van der Waals surface area (Å²) in [6.45, 7) is 4.35. The molecule has 0 aliphatic rings. The molecule has 0 aliphatic carbocycles. The van der Waals surface area contributed by atoms with Crippen molar-refractivity contribution in [1.29, 1.82) is 0 Å². The summed E-state index contributed by atoms with van der Waals surface area (Å²) in [6, 6.07) is 7.70. The summed E-state index contributed by atoms with van der Waals surface area (Å²) in [5, 5.41) is 13.0. The minimum Gasteiger partial charge on any atom is -0.491 e. The van der Waals surface area contributed by atoms with E-state index in [4.69, 9.17) is 4.74 Å². The van der Waals surface area contributed by atoms with Gasteiger partial charge in [0.25, 0.3) is 0 Å². The van der Waals surface area contributed by atoms with Crippen LogP contribution in [0.1, 0.15) is 11.4 Å². The molecule has 21 heavy (non-hydrogen) atoms. The van der Waals surface area contributed by atoms with E-state index in [1.54, 1.807) is 6.20 Å². The first-order valence-electron chi connectivity index (χ1n) is 6.65. The van der Waals surface area contributed by atoms with Gasteiger partial charge >= 0.3 is 0 Å². The molecule has 1 unspecified atom stereocenters. The lowest BCUT2D eigenvalue weighted by molar-refractivity contribution is 0.117. The normalized spacial score (nSPS) is 12.0. The Morgan fingerprint density at radius 1 is 1.29 bits per heavy atom. The lowest BCUT2D eigenvalue weighted by atomic mass is 10.3. The van der Waals surface area contributed by atoms with E-state index < -0.39 is 6.10 Å². The number of hydrogen-bond acceptors (Lipinski definition) is 5. The van der Waals surface area contributed by atoms with Gasteiger partial charge in [-0.15, -0.1) is 0 Å². The standard InChI is InChI=1S/C15H18IN3O2/c1-10-7-17-11(2)15(19-10)18-8-13(20)9-21-14-5-3-12(16)4-6-14/h3-7,13,20H,8-9H2,1-2H3,(H,18,19). The van der Waals surface area contributed by atoms with Crippen LogP contribution in [0.4, 0.5) is 5.82 Å². The number of benzene rings is 1. The minimum atomic E-state index is -0.619. The van der Waals surface area contributed by atoms with Crippen molar-refractivity contribution in [2.75, 3.05) is 18.5 Å². The lowest BCUT2D eigenvalue weighted by Crippen LogP contribution is -2.27. The van der Waals surface area contributed by atoms with Gasteiger partial charge < -0.3 is 15.2 Å². The van der Waals surface area contributed by atoms with Gasteiger partial charge in [-0.25, -0.2) is 4.98 Å².